The highest BCUT2D eigenvalue weighted by Gasteiger charge is 2.44. The molecule has 2 rings (SSSR count). The van der Waals surface area contributed by atoms with E-state index in [0.29, 0.717) is 12.5 Å². The smallest absolute Gasteiger partial charge is 0.354 e. The number of nitrogen functional groups attached to an aromatic ring is 1. The molecular formula is C12H20N4O5. The average molecular weight is 300 g/mol. The first-order chi connectivity index (χ1) is 9.90. The highest BCUT2D eigenvalue weighted by atomic mass is 16.6. The van der Waals surface area contributed by atoms with Crippen LogP contribution in [0.1, 0.15) is 20.1 Å². The van der Waals surface area contributed by atoms with Crippen LogP contribution >= 0.6 is 0 Å². The average Bonchev–Trinajstić information content (AvgIpc) is 2.67. The summed E-state index contributed by atoms with van der Waals surface area (Å²) >= 11 is 0. The van der Waals surface area contributed by atoms with E-state index in [2.05, 4.69) is 9.97 Å². The Bertz CT molecular complexity index is 535. The number of aliphatic hydroxyl groups excluding tert-OH is 2. The maximum Gasteiger partial charge on any atom is 0.354 e. The van der Waals surface area contributed by atoms with Gasteiger partial charge in [0.15, 0.2) is 6.23 Å². The lowest BCUT2D eigenvalue weighted by Gasteiger charge is -2.16. The van der Waals surface area contributed by atoms with E-state index in [0.717, 1.165) is 10.9 Å². The van der Waals surface area contributed by atoms with Crippen LogP contribution in [0.2, 0.25) is 0 Å². The molecule has 21 heavy (non-hydrogen) atoms. The first kappa shape index (κ1) is 15.8. The Morgan fingerprint density at radius 1 is 1.48 bits per heavy atom. The Labute approximate surface area is 121 Å². The highest BCUT2D eigenvalue weighted by molar-refractivity contribution is 5.10. The molecule has 1 aromatic heterocycles. The molecule has 9 heteroatoms. The normalized spacial score (nSPS) is 29.2. The molecule has 0 bridgehead atoms. The maximum absolute atomic E-state index is 11.7. The molecule has 2 heterocycles. The van der Waals surface area contributed by atoms with Gasteiger partial charge in [-0.3, -0.25) is 4.57 Å². The summed E-state index contributed by atoms with van der Waals surface area (Å²) in [5, 5.41) is 20.0. The van der Waals surface area contributed by atoms with Gasteiger partial charge in [0.2, 0.25) is 5.95 Å². The van der Waals surface area contributed by atoms with Crippen LogP contribution in [0.15, 0.2) is 11.1 Å². The van der Waals surface area contributed by atoms with Gasteiger partial charge in [0.1, 0.15) is 24.6 Å². The summed E-state index contributed by atoms with van der Waals surface area (Å²) in [5.41, 5.74) is 4.60. The largest absolute Gasteiger partial charge is 0.387 e. The molecule has 0 aliphatic carbocycles. The Balaban J connectivity index is 2.07. The van der Waals surface area contributed by atoms with Crippen molar-refractivity contribution in [3.8, 4) is 0 Å². The minimum Gasteiger partial charge on any atom is -0.387 e. The van der Waals surface area contributed by atoms with Gasteiger partial charge in [-0.1, -0.05) is 13.8 Å². The Morgan fingerprint density at radius 3 is 2.81 bits per heavy atom. The van der Waals surface area contributed by atoms with E-state index in [1.165, 1.54) is 0 Å². The van der Waals surface area contributed by atoms with Gasteiger partial charge in [0, 0.05) is 6.61 Å². The molecule has 1 aliphatic heterocycles. The monoisotopic (exact) mass is 300 g/mol. The third-order valence-corrected chi connectivity index (χ3v) is 3.09. The molecule has 1 aromatic rings. The predicted octanol–water partition coefficient (Wildman–Crippen LogP) is -1.49. The molecule has 0 amide bonds. The maximum atomic E-state index is 11.7. The molecule has 0 saturated carbocycles. The van der Waals surface area contributed by atoms with Gasteiger partial charge in [-0.05, 0) is 5.92 Å². The van der Waals surface area contributed by atoms with Crippen molar-refractivity contribution in [2.24, 2.45) is 5.92 Å². The molecule has 4 atom stereocenters. The second kappa shape index (κ2) is 6.48. The Hall–Kier alpha value is -1.55. The van der Waals surface area contributed by atoms with Gasteiger partial charge in [0.05, 0.1) is 6.61 Å². The zero-order valence-electron chi connectivity index (χ0n) is 11.9. The number of hydrogen-bond donors (Lipinski definition) is 3. The molecule has 9 nitrogen and oxygen atoms in total. The highest BCUT2D eigenvalue weighted by Crippen LogP contribution is 2.28. The number of aliphatic hydroxyl groups is 2. The van der Waals surface area contributed by atoms with Crippen molar-refractivity contribution < 1.29 is 19.7 Å². The van der Waals surface area contributed by atoms with Crippen molar-refractivity contribution in [2.45, 2.75) is 38.4 Å². The zero-order valence-corrected chi connectivity index (χ0v) is 11.9. The van der Waals surface area contributed by atoms with Gasteiger partial charge in [-0.2, -0.15) is 4.98 Å². The Kier molecular flexibility index (Phi) is 4.88. The van der Waals surface area contributed by atoms with E-state index in [9.17, 15) is 15.0 Å². The number of ether oxygens (including phenoxy) is 2. The molecule has 1 saturated heterocycles. The molecule has 4 unspecified atom stereocenters. The fourth-order valence-corrected chi connectivity index (χ4v) is 2.05. The minimum absolute atomic E-state index is 0.123. The van der Waals surface area contributed by atoms with E-state index >= 15 is 0 Å². The van der Waals surface area contributed by atoms with E-state index in [1.807, 2.05) is 13.8 Å². The van der Waals surface area contributed by atoms with E-state index < -0.39 is 30.2 Å². The number of nitrogens with zero attached hydrogens (tertiary/aromatic N) is 3. The van der Waals surface area contributed by atoms with Gasteiger partial charge in [-0.25, -0.2) is 9.78 Å². The summed E-state index contributed by atoms with van der Waals surface area (Å²) in [7, 11) is 0. The fourth-order valence-electron chi connectivity index (χ4n) is 2.05. The second-order valence-electron chi connectivity index (χ2n) is 5.38. The first-order valence-corrected chi connectivity index (χ1v) is 6.70. The summed E-state index contributed by atoms with van der Waals surface area (Å²) in [6.45, 7) is 4.62. The third-order valence-electron chi connectivity index (χ3n) is 3.09. The molecule has 0 radical (unpaired) electrons. The van der Waals surface area contributed by atoms with Crippen LogP contribution in [0, 0.1) is 5.92 Å². The van der Waals surface area contributed by atoms with E-state index in [1.54, 1.807) is 0 Å². The van der Waals surface area contributed by atoms with Crippen LogP contribution in [0.25, 0.3) is 0 Å². The van der Waals surface area contributed by atoms with Gasteiger partial charge < -0.3 is 25.4 Å². The lowest BCUT2D eigenvalue weighted by molar-refractivity contribution is -0.0713. The molecule has 1 fully saturated rings. The lowest BCUT2D eigenvalue weighted by Crippen LogP contribution is -2.36. The molecule has 1 aliphatic rings. The van der Waals surface area contributed by atoms with E-state index in [-0.39, 0.29) is 12.6 Å². The van der Waals surface area contributed by atoms with Crippen LogP contribution in [-0.4, -0.2) is 56.3 Å². The lowest BCUT2D eigenvalue weighted by atomic mass is 10.1. The van der Waals surface area contributed by atoms with Crippen LogP contribution in [-0.2, 0) is 9.47 Å². The molecule has 4 N–H and O–H groups in total. The minimum atomic E-state index is -1.28. The first-order valence-electron chi connectivity index (χ1n) is 6.70. The molecule has 118 valence electrons. The molecule has 0 spiro atoms. The van der Waals surface area contributed by atoms with Gasteiger partial charge in [0.25, 0.3) is 0 Å². The van der Waals surface area contributed by atoms with Crippen LogP contribution in [0.4, 0.5) is 5.95 Å². The van der Waals surface area contributed by atoms with Crippen molar-refractivity contribution >= 4 is 5.95 Å². The van der Waals surface area contributed by atoms with Crippen molar-refractivity contribution in [1.82, 2.24) is 14.5 Å². The number of hydrogen-bond acceptors (Lipinski definition) is 8. The predicted molar refractivity (Wildman–Crippen MR) is 72.3 cm³/mol. The van der Waals surface area contributed by atoms with Crippen LogP contribution in [0.3, 0.4) is 0 Å². The number of anilines is 1. The Morgan fingerprint density at radius 2 is 2.19 bits per heavy atom. The van der Waals surface area contributed by atoms with Crippen molar-refractivity contribution in [3.63, 3.8) is 0 Å². The fraction of sp³-hybridized carbons (Fsp3) is 0.750. The molecule has 0 aromatic carbocycles. The van der Waals surface area contributed by atoms with Gasteiger partial charge >= 0.3 is 5.69 Å². The molecular weight excluding hydrogens is 280 g/mol. The van der Waals surface area contributed by atoms with Crippen molar-refractivity contribution in [3.05, 3.63) is 16.8 Å². The summed E-state index contributed by atoms with van der Waals surface area (Å²) in [5.74, 6) is 0.179. The summed E-state index contributed by atoms with van der Waals surface area (Å²) < 4.78 is 11.9. The van der Waals surface area contributed by atoms with Crippen LogP contribution < -0.4 is 11.4 Å². The standard InChI is InChI=1S/C12H20N4O5/c1-6(2)3-20-4-7-8(17)9(18)10(21-7)16-5-14-11(13)15-12(16)19/h5-10,17-18H,3-4H2,1-2H3,(H2,13,15,19). The third kappa shape index (κ3) is 3.56. The summed E-state index contributed by atoms with van der Waals surface area (Å²) in [4.78, 5) is 18.9. The SMILES string of the molecule is CC(C)COCC1OC(n2cnc(N)nc2=O)C(O)C1O. The summed E-state index contributed by atoms with van der Waals surface area (Å²) in [6.07, 6.45) is -3.11. The number of nitrogens with two attached hydrogens (primary N) is 1. The number of aromatic nitrogens is 3. The van der Waals surface area contributed by atoms with Gasteiger partial charge in [-0.15, -0.1) is 0 Å². The van der Waals surface area contributed by atoms with E-state index in [4.69, 9.17) is 15.2 Å². The van der Waals surface area contributed by atoms with Crippen LogP contribution in [0.5, 0.6) is 0 Å². The topological polar surface area (TPSA) is 133 Å². The number of rotatable bonds is 5. The summed E-state index contributed by atoms with van der Waals surface area (Å²) in [6, 6.07) is 0. The van der Waals surface area contributed by atoms with Crippen molar-refractivity contribution in [1.29, 1.82) is 0 Å². The quantitative estimate of drug-likeness (QED) is 0.599. The second-order valence-corrected chi connectivity index (χ2v) is 5.38. The zero-order chi connectivity index (χ0) is 15.6. The van der Waals surface area contributed by atoms with Crippen molar-refractivity contribution in [2.75, 3.05) is 18.9 Å².